The van der Waals surface area contributed by atoms with Crippen LogP contribution >= 0.6 is 0 Å². The molecular weight excluding hydrogens is 176 g/mol. The lowest BCUT2D eigenvalue weighted by Gasteiger charge is -2.12. The topological polar surface area (TPSA) is 59.0 Å². The molecule has 14 heavy (non-hydrogen) atoms. The average Bonchev–Trinajstić information content (AvgIpc) is 2.15. The molecule has 74 valence electrons. The SMILES string of the molecule is Cc1ccc(OCC#N)c([C@H](C)N)c1. The predicted octanol–water partition coefficient (Wildman–Crippen LogP) is 1.92. The zero-order valence-corrected chi connectivity index (χ0v) is 8.45. The highest BCUT2D eigenvalue weighted by molar-refractivity contribution is 5.38. The molecule has 0 aliphatic rings. The van der Waals surface area contributed by atoms with Crippen LogP contribution in [-0.4, -0.2) is 6.61 Å². The Bertz CT molecular complexity index is 353. The first-order valence-electron chi connectivity index (χ1n) is 4.51. The van der Waals surface area contributed by atoms with Gasteiger partial charge < -0.3 is 10.5 Å². The van der Waals surface area contributed by atoms with E-state index in [0.29, 0.717) is 5.75 Å². The van der Waals surface area contributed by atoms with Crippen molar-refractivity contribution in [2.75, 3.05) is 6.61 Å². The van der Waals surface area contributed by atoms with Gasteiger partial charge in [0, 0.05) is 11.6 Å². The van der Waals surface area contributed by atoms with Crippen molar-refractivity contribution in [1.82, 2.24) is 0 Å². The first-order chi connectivity index (χ1) is 6.65. The fourth-order valence-electron chi connectivity index (χ4n) is 1.27. The number of hydrogen-bond donors (Lipinski definition) is 1. The number of rotatable bonds is 3. The van der Waals surface area contributed by atoms with E-state index >= 15 is 0 Å². The number of nitrogens with zero attached hydrogens (tertiary/aromatic N) is 1. The van der Waals surface area contributed by atoms with Crippen LogP contribution in [0.5, 0.6) is 5.75 Å². The highest BCUT2D eigenvalue weighted by Gasteiger charge is 2.07. The summed E-state index contributed by atoms with van der Waals surface area (Å²) in [4.78, 5) is 0. The molecule has 0 aromatic heterocycles. The second kappa shape index (κ2) is 4.64. The van der Waals surface area contributed by atoms with E-state index in [2.05, 4.69) is 0 Å². The largest absolute Gasteiger partial charge is 0.478 e. The Morgan fingerprint density at radius 1 is 1.57 bits per heavy atom. The maximum absolute atomic E-state index is 8.41. The van der Waals surface area contributed by atoms with Crippen LogP contribution in [0.1, 0.15) is 24.1 Å². The number of aryl methyl sites for hydroxylation is 1. The second-order valence-corrected chi connectivity index (χ2v) is 3.28. The van der Waals surface area contributed by atoms with E-state index in [1.807, 2.05) is 38.1 Å². The van der Waals surface area contributed by atoms with Crippen molar-refractivity contribution in [2.45, 2.75) is 19.9 Å². The molecule has 0 fully saturated rings. The molecule has 0 saturated heterocycles. The Hall–Kier alpha value is -1.53. The summed E-state index contributed by atoms with van der Waals surface area (Å²) >= 11 is 0. The molecule has 1 atom stereocenters. The van der Waals surface area contributed by atoms with Crippen LogP contribution in [0.15, 0.2) is 18.2 Å². The maximum Gasteiger partial charge on any atom is 0.174 e. The molecule has 3 nitrogen and oxygen atoms in total. The van der Waals surface area contributed by atoms with Crippen molar-refractivity contribution >= 4 is 0 Å². The minimum atomic E-state index is -0.0800. The minimum absolute atomic E-state index is 0.0583. The van der Waals surface area contributed by atoms with Crippen LogP contribution in [-0.2, 0) is 0 Å². The summed E-state index contributed by atoms with van der Waals surface area (Å²) < 4.78 is 5.26. The number of nitriles is 1. The van der Waals surface area contributed by atoms with Crippen molar-refractivity contribution in [3.63, 3.8) is 0 Å². The molecule has 2 N–H and O–H groups in total. The van der Waals surface area contributed by atoms with Crippen molar-refractivity contribution < 1.29 is 4.74 Å². The van der Waals surface area contributed by atoms with Gasteiger partial charge in [0.1, 0.15) is 11.8 Å². The summed E-state index contributed by atoms with van der Waals surface area (Å²) in [6, 6.07) is 7.63. The average molecular weight is 190 g/mol. The third-order valence-electron chi connectivity index (χ3n) is 1.95. The van der Waals surface area contributed by atoms with E-state index in [1.165, 1.54) is 0 Å². The molecule has 0 spiro atoms. The quantitative estimate of drug-likeness (QED) is 0.792. The van der Waals surface area contributed by atoms with Crippen LogP contribution in [0.25, 0.3) is 0 Å². The Morgan fingerprint density at radius 2 is 2.29 bits per heavy atom. The fraction of sp³-hybridized carbons (Fsp3) is 0.364. The summed E-state index contributed by atoms with van der Waals surface area (Å²) in [6.07, 6.45) is 0. The Labute approximate surface area is 84.1 Å². The standard InChI is InChI=1S/C11H14N2O/c1-8-3-4-11(14-6-5-12)10(7-8)9(2)13/h3-4,7,9H,6,13H2,1-2H3/t9-/m0/s1. The van der Waals surface area contributed by atoms with Gasteiger partial charge in [0.25, 0.3) is 0 Å². The van der Waals surface area contributed by atoms with Gasteiger partial charge in [-0.25, -0.2) is 0 Å². The Balaban J connectivity index is 2.97. The molecule has 0 radical (unpaired) electrons. The van der Waals surface area contributed by atoms with Crippen LogP contribution < -0.4 is 10.5 Å². The van der Waals surface area contributed by atoms with Gasteiger partial charge in [-0.15, -0.1) is 0 Å². The zero-order valence-electron chi connectivity index (χ0n) is 8.45. The van der Waals surface area contributed by atoms with E-state index in [4.69, 9.17) is 15.7 Å². The van der Waals surface area contributed by atoms with E-state index < -0.39 is 0 Å². The van der Waals surface area contributed by atoms with Crippen LogP contribution in [0.3, 0.4) is 0 Å². The van der Waals surface area contributed by atoms with Crippen LogP contribution in [0, 0.1) is 18.3 Å². The lowest BCUT2D eigenvalue weighted by atomic mass is 10.1. The van der Waals surface area contributed by atoms with Gasteiger partial charge in [0.2, 0.25) is 0 Å². The highest BCUT2D eigenvalue weighted by Crippen LogP contribution is 2.24. The van der Waals surface area contributed by atoms with Gasteiger partial charge in [-0.2, -0.15) is 5.26 Å². The van der Waals surface area contributed by atoms with Gasteiger partial charge in [0.15, 0.2) is 6.61 Å². The molecule has 1 aromatic carbocycles. The van der Waals surface area contributed by atoms with Gasteiger partial charge in [-0.3, -0.25) is 0 Å². The maximum atomic E-state index is 8.41. The van der Waals surface area contributed by atoms with Crippen LogP contribution in [0.4, 0.5) is 0 Å². The molecule has 0 saturated carbocycles. The normalized spacial score (nSPS) is 11.9. The van der Waals surface area contributed by atoms with Gasteiger partial charge in [-0.05, 0) is 19.9 Å². The highest BCUT2D eigenvalue weighted by atomic mass is 16.5. The first-order valence-corrected chi connectivity index (χ1v) is 4.51. The van der Waals surface area contributed by atoms with Gasteiger partial charge in [0.05, 0.1) is 0 Å². The molecule has 0 aliphatic carbocycles. The Morgan fingerprint density at radius 3 is 2.86 bits per heavy atom. The number of benzene rings is 1. The van der Waals surface area contributed by atoms with Crippen molar-refractivity contribution in [2.24, 2.45) is 5.73 Å². The van der Waals surface area contributed by atoms with E-state index in [0.717, 1.165) is 11.1 Å². The molecule has 1 rings (SSSR count). The summed E-state index contributed by atoms with van der Waals surface area (Å²) in [5.41, 5.74) is 7.88. The summed E-state index contributed by atoms with van der Waals surface area (Å²) in [5.74, 6) is 0.701. The molecule has 0 unspecified atom stereocenters. The lowest BCUT2D eigenvalue weighted by molar-refractivity contribution is 0.362. The Kier molecular flexibility index (Phi) is 3.49. The molecule has 3 heteroatoms. The molecular formula is C11H14N2O. The summed E-state index contributed by atoms with van der Waals surface area (Å²) in [6.45, 7) is 3.96. The molecule has 1 aromatic rings. The number of ether oxygens (including phenoxy) is 1. The molecule has 0 amide bonds. The second-order valence-electron chi connectivity index (χ2n) is 3.28. The number of nitrogens with two attached hydrogens (primary N) is 1. The number of hydrogen-bond acceptors (Lipinski definition) is 3. The minimum Gasteiger partial charge on any atom is -0.478 e. The monoisotopic (exact) mass is 190 g/mol. The fourth-order valence-corrected chi connectivity index (χ4v) is 1.27. The first kappa shape index (κ1) is 10.6. The van der Waals surface area contributed by atoms with E-state index in [9.17, 15) is 0 Å². The van der Waals surface area contributed by atoms with Crippen molar-refractivity contribution in [3.05, 3.63) is 29.3 Å². The van der Waals surface area contributed by atoms with Gasteiger partial charge >= 0.3 is 0 Å². The molecule has 0 aliphatic heterocycles. The van der Waals surface area contributed by atoms with Crippen LogP contribution in [0.2, 0.25) is 0 Å². The van der Waals surface area contributed by atoms with Crippen molar-refractivity contribution in [3.8, 4) is 11.8 Å². The summed E-state index contributed by atoms with van der Waals surface area (Å²) in [7, 11) is 0. The summed E-state index contributed by atoms with van der Waals surface area (Å²) in [5, 5.41) is 8.41. The molecule has 0 heterocycles. The third kappa shape index (κ3) is 2.48. The third-order valence-corrected chi connectivity index (χ3v) is 1.95. The zero-order chi connectivity index (χ0) is 10.6. The lowest BCUT2D eigenvalue weighted by Crippen LogP contribution is -2.08. The van der Waals surface area contributed by atoms with Gasteiger partial charge in [-0.1, -0.05) is 17.7 Å². The predicted molar refractivity (Wildman–Crippen MR) is 54.9 cm³/mol. The smallest absolute Gasteiger partial charge is 0.174 e. The molecule has 0 bridgehead atoms. The van der Waals surface area contributed by atoms with E-state index in [1.54, 1.807) is 0 Å². The van der Waals surface area contributed by atoms with Crippen molar-refractivity contribution in [1.29, 1.82) is 5.26 Å². The van der Waals surface area contributed by atoms with E-state index in [-0.39, 0.29) is 12.6 Å².